The summed E-state index contributed by atoms with van der Waals surface area (Å²) in [4.78, 5) is 26.7. The van der Waals surface area contributed by atoms with E-state index in [-0.39, 0.29) is 17.7 Å². The number of ether oxygens (including phenoxy) is 1. The van der Waals surface area contributed by atoms with Crippen LogP contribution in [-0.4, -0.2) is 41.6 Å². The number of methoxy groups -OCH3 is 1. The molecule has 0 saturated heterocycles. The number of aryl methyl sites for hydroxylation is 1. The number of fused-ring (bicyclic) bond motifs is 1. The SMILES string of the molecule is COc1ccc(NC(=O)CN(C)c2nc(Cl)nc3c2CCC3)cn1. The third-order valence-corrected chi connectivity index (χ3v) is 4.02. The Kier molecular flexibility index (Phi) is 4.80. The summed E-state index contributed by atoms with van der Waals surface area (Å²) in [5.41, 5.74) is 2.68. The molecule has 0 spiro atoms. The van der Waals surface area contributed by atoms with Crippen LogP contribution in [0.3, 0.4) is 0 Å². The lowest BCUT2D eigenvalue weighted by molar-refractivity contribution is -0.114. The first kappa shape index (κ1) is 16.4. The van der Waals surface area contributed by atoms with Crippen LogP contribution >= 0.6 is 11.6 Å². The molecule has 0 aliphatic heterocycles. The van der Waals surface area contributed by atoms with Crippen LogP contribution in [-0.2, 0) is 17.6 Å². The lowest BCUT2D eigenvalue weighted by Gasteiger charge is -2.20. The zero-order valence-corrected chi connectivity index (χ0v) is 14.3. The Morgan fingerprint density at radius 2 is 2.21 bits per heavy atom. The van der Waals surface area contributed by atoms with E-state index in [1.165, 1.54) is 0 Å². The van der Waals surface area contributed by atoms with E-state index in [0.29, 0.717) is 11.6 Å². The van der Waals surface area contributed by atoms with Gasteiger partial charge in [0.1, 0.15) is 5.82 Å². The van der Waals surface area contributed by atoms with Crippen LogP contribution in [0, 0.1) is 0 Å². The van der Waals surface area contributed by atoms with Crippen LogP contribution in [0.15, 0.2) is 18.3 Å². The molecule has 0 aromatic carbocycles. The number of nitrogens with zero attached hydrogens (tertiary/aromatic N) is 4. The number of carbonyl (C=O) groups is 1. The molecule has 0 atom stereocenters. The molecule has 1 N–H and O–H groups in total. The zero-order chi connectivity index (χ0) is 17.1. The lowest BCUT2D eigenvalue weighted by Crippen LogP contribution is -2.31. The van der Waals surface area contributed by atoms with Gasteiger partial charge in [-0.3, -0.25) is 4.79 Å². The Bertz CT molecular complexity index is 751. The molecule has 3 rings (SSSR count). The third-order valence-electron chi connectivity index (χ3n) is 3.86. The fourth-order valence-corrected chi connectivity index (χ4v) is 2.95. The van der Waals surface area contributed by atoms with Gasteiger partial charge in [-0.25, -0.2) is 15.0 Å². The van der Waals surface area contributed by atoms with Gasteiger partial charge in [0, 0.05) is 18.7 Å². The molecular formula is C16H18ClN5O2. The van der Waals surface area contributed by atoms with Crippen molar-refractivity contribution in [2.24, 2.45) is 0 Å². The number of pyridine rings is 1. The predicted octanol–water partition coefficient (Wildman–Crippen LogP) is 2.10. The van der Waals surface area contributed by atoms with Gasteiger partial charge in [0.05, 0.1) is 31.2 Å². The Hall–Kier alpha value is -2.41. The van der Waals surface area contributed by atoms with Gasteiger partial charge in [-0.05, 0) is 36.9 Å². The molecule has 0 radical (unpaired) electrons. The minimum Gasteiger partial charge on any atom is -0.481 e. The molecule has 1 aliphatic rings. The number of rotatable bonds is 5. The van der Waals surface area contributed by atoms with Gasteiger partial charge in [0.25, 0.3) is 0 Å². The molecule has 1 amide bonds. The van der Waals surface area contributed by atoms with Crippen molar-refractivity contribution in [1.29, 1.82) is 0 Å². The highest BCUT2D eigenvalue weighted by Crippen LogP contribution is 2.29. The number of hydrogen-bond donors (Lipinski definition) is 1. The van der Waals surface area contributed by atoms with Gasteiger partial charge in [0.15, 0.2) is 0 Å². The summed E-state index contributed by atoms with van der Waals surface area (Å²) in [7, 11) is 3.37. The van der Waals surface area contributed by atoms with E-state index in [1.807, 2.05) is 7.05 Å². The average molecular weight is 348 g/mol. The third kappa shape index (κ3) is 3.56. The highest BCUT2D eigenvalue weighted by molar-refractivity contribution is 6.28. The first-order chi connectivity index (χ1) is 11.6. The molecule has 1 aliphatic carbocycles. The Labute approximate surface area is 145 Å². The Balaban J connectivity index is 1.68. The maximum Gasteiger partial charge on any atom is 0.243 e. The molecule has 126 valence electrons. The second-order valence-electron chi connectivity index (χ2n) is 5.59. The van der Waals surface area contributed by atoms with E-state index in [2.05, 4.69) is 20.3 Å². The normalized spacial score (nSPS) is 12.6. The molecule has 24 heavy (non-hydrogen) atoms. The molecule has 2 heterocycles. The van der Waals surface area contributed by atoms with Gasteiger partial charge in [-0.2, -0.15) is 0 Å². The van der Waals surface area contributed by atoms with Crippen LogP contribution in [0.2, 0.25) is 5.28 Å². The summed E-state index contributed by atoms with van der Waals surface area (Å²) in [6.45, 7) is 0.159. The molecule has 2 aromatic rings. The van der Waals surface area contributed by atoms with Gasteiger partial charge in [-0.1, -0.05) is 0 Å². The van der Waals surface area contributed by atoms with Crippen molar-refractivity contribution in [3.05, 3.63) is 34.9 Å². The summed E-state index contributed by atoms with van der Waals surface area (Å²) in [6, 6.07) is 3.43. The largest absolute Gasteiger partial charge is 0.481 e. The lowest BCUT2D eigenvalue weighted by atomic mass is 10.2. The van der Waals surface area contributed by atoms with Crippen LogP contribution in [0.1, 0.15) is 17.7 Å². The first-order valence-corrected chi connectivity index (χ1v) is 8.01. The first-order valence-electron chi connectivity index (χ1n) is 7.63. The standard InChI is InChI=1S/C16H18ClN5O2/c1-22(15-11-4-3-5-12(11)20-16(17)21-15)9-13(23)19-10-6-7-14(24-2)18-8-10/h6-8H,3-5,9H2,1-2H3,(H,19,23). The van der Waals surface area contributed by atoms with E-state index in [0.717, 1.165) is 36.3 Å². The van der Waals surface area contributed by atoms with Crippen molar-refractivity contribution in [3.63, 3.8) is 0 Å². The number of likely N-dealkylation sites (N-methyl/N-ethyl adjacent to an activating group) is 1. The molecule has 7 nitrogen and oxygen atoms in total. The van der Waals surface area contributed by atoms with Crippen molar-refractivity contribution in [2.75, 3.05) is 30.9 Å². The average Bonchev–Trinajstić information content (AvgIpc) is 3.02. The summed E-state index contributed by atoms with van der Waals surface area (Å²) in [5.74, 6) is 1.06. The fourth-order valence-electron chi connectivity index (χ4n) is 2.76. The number of carbonyl (C=O) groups excluding carboxylic acids is 1. The number of nitrogens with one attached hydrogen (secondary N) is 1. The highest BCUT2D eigenvalue weighted by atomic mass is 35.5. The van der Waals surface area contributed by atoms with Crippen molar-refractivity contribution in [1.82, 2.24) is 15.0 Å². The number of hydrogen-bond acceptors (Lipinski definition) is 6. The second-order valence-corrected chi connectivity index (χ2v) is 5.93. The maximum atomic E-state index is 12.2. The van der Waals surface area contributed by atoms with Gasteiger partial charge in [-0.15, -0.1) is 0 Å². The van der Waals surface area contributed by atoms with Crippen LogP contribution < -0.4 is 15.0 Å². The summed E-state index contributed by atoms with van der Waals surface area (Å²) >= 11 is 6.00. The van der Waals surface area contributed by atoms with E-state index in [1.54, 1.807) is 30.3 Å². The summed E-state index contributed by atoms with van der Waals surface area (Å²) in [5, 5.41) is 3.02. The summed E-state index contributed by atoms with van der Waals surface area (Å²) in [6.07, 6.45) is 4.41. The minimum absolute atomic E-state index is 0.159. The van der Waals surface area contributed by atoms with Crippen LogP contribution in [0.25, 0.3) is 0 Å². The predicted molar refractivity (Wildman–Crippen MR) is 91.8 cm³/mol. The van der Waals surface area contributed by atoms with Gasteiger partial charge < -0.3 is 15.0 Å². The fraction of sp³-hybridized carbons (Fsp3) is 0.375. The van der Waals surface area contributed by atoms with E-state index < -0.39 is 0 Å². The van der Waals surface area contributed by atoms with Crippen molar-refractivity contribution in [2.45, 2.75) is 19.3 Å². The van der Waals surface area contributed by atoms with Crippen molar-refractivity contribution >= 4 is 29.0 Å². The molecule has 8 heteroatoms. The number of halogens is 1. The van der Waals surface area contributed by atoms with Gasteiger partial charge >= 0.3 is 0 Å². The van der Waals surface area contributed by atoms with Crippen molar-refractivity contribution < 1.29 is 9.53 Å². The summed E-state index contributed by atoms with van der Waals surface area (Å²) < 4.78 is 4.99. The van der Waals surface area contributed by atoms with Crippen molar-refractivity contribution in [3.8, 4) is 5.88 Å². The number of amides is 1. The molecule has 0 fully saturated rings. The number of aromatic nitrogens is 3. The molecule has 0 saturated carbocycles. The highest BCUT2D eigenvalue weighted by Gasteiger charge is 2.22. The van der Waals surface area contributed by atoms with Gasteiger partial charge in [0.2, 0.25) is 17.1 Å². The smallest absolute Gasteiger partial charge is 0.243 e. The number of anilines is 2. The topological polar surface area (TPSA) is 80.2 Å². The van der Waals surface area contributed by atoms with Crippen LogP contribution in [0.5, 0.6) is 5.88 Å². The van der Waals surface area contributed by atoms with E-state index >= 15 is 0 Å². The maximum absolute atomic E-state index is 12.2. The Morgan fingerprint density at radius 3 is 2.92 bits per heavy atom. The molecular weight excluding hydrogens is 330 g/mol. The monoisotopic (exact) mass is 347 g/mol. The molecule has 0 bridgehead atoms. The van der Waals surface area contributed by atoms with Crippen LogP contribution in [0.4, 0.5) is 11.5 Å². The quantitative estimate of drug-likeness (QED) is 0.834. The van der Waals surface area contributed by atoms with E-state index in [9.17, 15) is 4.79 Å². The molecule has 2 aromatic heterocycles. The second kappa shape index (κ2) is 7.00. The minimum atomic E-state index is -0.161. The molecule has 0 unspecified atom stereocenters. The zero-order valence-electron chi connectivity index (χ0n) is 13.5. The Morgan fingerprint density at radius 1 is 1.38 bits per heavy atom. The van der Waals surface area contributed by atoms with E-state index in [4.69, 9.17) is 16.3 Å².